The average Bonchev–Trinajstić information content (AvgIpc) is 3.04. The van der Waals surface area contributed by atoms with E-state index in [9.17, 15) is 5.11 Å². The summed E-state index contributed by atoms with van der Waals surface area (Å²) < 4.78 is 5.61. The molecular formula is C15H20N2O2. The van der Waals surface area contributed by atoms with E-state index in [0.29, 0.717) is 5.89 Å². The number of nitrogens with zero attached hydrogens (tertiary/aromatic N) is 2. The van der Waals surface area contributed by atoms with Gasteiger partial charge in [-0.25, -0.2) is 4.98 Å². The van der Waals surface area contributed by atoms with Crippen molar-refractivity contribution >= 4 is 11.1 Å². The number of hydrogen-bond donors (Lipinski definition) is 1. The highest BCUT2D eigenvalue weighted by Crippen LogP contribution is 2.56. The predicted molar refractivity (Wildman–Crippen MR) is 73.9 cm³/mol. The molecule has 0 bridgehead atoms. The Kier molecular flexibility index (Phi) is 2.87. The third-order valence-electron chi connectivity index (χ3n) is 4.14. The van der Waals surface area contributed by atoms with Crippen molar-refractivity contribution in [3.63, 3.8) is 0 Å². The molecule has 0 saturated heterocycles. The summed E-state index contributed by atoms with van der Waals surface area (Å²) in [7, 11) is 4.13. The fraction of sp³-hybridized carbons (Fsp3) is 0.533. The molecule has 1 fully saturated rings. The number of fused-ring (bicyclic) bond motifs is 1. The van der Waals surface area contributed by atoms with Gasteiger partial charge in [-0.3, -0.25) is 0 Å². The molecule has 1 aliphatic carbocycles. The molecule has 1 atom stereocenters. The SMILES string of the molecule is Cc1nc2ccc(C(N(C)C)C3(CO)CC3)cc2o1. The third-order valence-corrected chi connectivity index (χ3v) is 4.14. The van der Waals surface area contributed by atoms with E-state index in [1.165, 1.54) is 5.56 Å². The van der Waals surface area contributed by atoms with E-state index in [2.05, 4.69) is 36.1 Å². The van der Waals surface area contributed by atoms with Crippen LogP contribution in [0, 0.1) is 12.3 Å². The van der Waals surface area contributed by atoms with Crippen LogP contribution in [0.3, 0.4) is 0 Å². The highest BCUT2D eigenvalue weighted by atomic mass is 16.3. The van der Waals surface area contributed by atoms with E-state index in [0.717, 1.165) is 23.9 Å². The van der Waals surface area contributed by atoms with E-state index in [-0.39, 0.29) is 18.1 Å². The van der Waals surface area contributed by atoms with Crippen molar-refractivity contribution in [1.29, 1.82) is 0 Å². The number of rotatable bonds is 4. The molecule has 4 heteroatoms. The Hall–Kier alpha value is -1.39. The maximum absolute atomic E-state index is 9.69. The van der Waals surface area contributed by atoms with Crippen LogP contribution < -0.4 is 0 Å². The summed E-state index contributed by atoms with van der Waals surface area (Å²) in [4.78, 5) is 6.51. The molecule has 0 radical (unpaired) electrons. The van der Waals surface area contributed by atoms with Gasteiger partial charge in [0, 0.05) is 18.4 Å². The van der Waals surface area contributed by atoms with Crippen LogP contribution in [0.1, 0.15) is 30.3 Å². The van der Waals surface area contributed by atoms with E-state index in [4.69, 9.17) is 4.42 Å². The normalized spacial score (nSPS) is 19.0. The number of aryl methyl sites for hydroxylation is 1. The van der Waals surface area contributed by atoms with Crippen LogP contribution in [0.15, 0.2) is 22.6 Å². The lowest BCUT2D eigenvalue weighted by molar-refractivity contribution is 0.115. The molecule has 0 amide bonds. The Morgan fingerprint density at radius 3 is 2.74 bits per heavy atom. The largest absolute Gasteiger partial charge is 0.441 e. The second kappa shape index (κ2) is 4.32. The van der Waals surface area contributed by atoms with Crippen LogP contribution in [-0.2, 0) is 0 Å². The van der Waals surface area contributed by atoms with Gasteiger partial charge in [0.2, 0.25) is 0 Å². The van der Waals surface area contributed by atoms with Crippen LogP contribution in [0.25, 0.3) is 11.1 Å². The summed E-state index contributed by atoms with van der Waals surface area (Å²) in [5, 5.41) is 9.69. The molecule has 1 saturated carbocycles. The topological polar surface area (TPSA) is 49.5 Å². The third kappa shape index (κ3) is 2.05. The molecule has 1 N–H and O–H groups in total. The Balaban J connectivity index is 2.05. The zero-order chi connectivity index (χ0) is 13.6. The Labute approximate surface area is 113 Å². The number of aliphatic hydroxyl groups excluding tert-OH is 1. The van der Waals surface area contributed by atoms with Crippen LogP contribution in [0.5, 0.6) is 0 Å². The fourth-order valence-corrected chi connectivity index (χ4v) is 3.10. The smallest absolute Gasteiger partial charge is 0.192 e. The maximum Gasteiger partial charge on any atom is 0.192 e. The van der Waals surface area contributed by atoms with Gasteiger partial charge in [-0.1, -0.05) is 6.07 Å². The van der Waals surface area contributed by atoms with Crippen LogP contribution >= 0.6 is 0 Å². The summed E-state index contributed by atoms with van der Waals surface area (Å²) in [6, 6.07) is 6.40. The van der Waals surface area contributed by atoms with Gasteiger partial charge in [-0.15, -0.1) is 0 Å². The van der Waals surface area contributed by atoms with Gasteiger partial charge >= 0.3 is 0 Å². The molecule has 1 aromatic carbocycles. The monoisotopic (exact) mass is 260 g/mol. The van der Waals surface area contributed by atoms with Crippen LogP contribution in [0.2, 0.25) is 0 Å². The zero-order valence-electron chi connectivity index (χ0n) is 11.7. The first kappa shape index (κ1) is 12.6. The minimum atomic E-state index is 0.0201. The Morgan fingerprint density at radius 2 is 2.16 bits per heavy atom. The minimum Gasteiger partial charge on any atom is -0.441 e. The summed E-state index contributed by atoms with van der Waals surface area (Å²) in [5.41, 5.74) is 2.94. The van der Waals surface area contributed by atoms with Crippen LogP contribution in [0.4, 0.5) is 0 Å². The molecular weight excluding hydrogens is 240 g/mol. The molecule has 0 spiro atoms. The lowest BCUT2D eigenvalue weighted by atomic mass is 9.89. The maximum atomic E-state index is 9.69. The van der Waals surface area contributed by atoms with Crippen molar-refractivity contribution in [2.45, 2.75) is 25.8 Å². The van der Waals surface area contributed by atoms with Crippen molar-refractivity contribution in [3.8, 4) is 0 Å². The summed E-state index contributed by atoms with van der Waals surface area (Å²) in [6.07, 6.45) is 2.17. The first-order chi connectivity index (χ1) is 9.05. The number of hydrogen-bond acceptors (Lipinski definition) is 4. The molecule has 19 heavy (non-hydrogen) atoms. The van der Waals surface area contributed by atoms with Gasteiger partial charge in [0.25, 0.3) is 0 Å². The van der Waals surface area contributed by atoms with Gasteiger partial charge in [0.15, 0.2) is 11.5 Å². The number of aliphatic hydroxyl groups is 1. The van der Waals surface area contributed by atoms with Gasteiger partial charge in [0.1, 0.15) is 5.52 Å². The Bertz CT molecular complexity index is 599. The van der Waals surface area contributed by atoms with E-state index >= 15 is 0 Å². The molecule has 1 heterocycles. The molecule has 1 aromatic heterocycles. The predicted octanol–water partition coefficient (Wildman–Crippen LogP) is 2.51. The van der Waals surface area contributed by atoms with Crippen molar-refractivity contribution < 1.29 is 9.52 Å². The van der Waals surface area contributed by atoms with Crippen LogP contribution in [-0.4, -0.2) is 35.7 Å². The lowest BCUT2D eigenvalue weighted by Crippen LogP contribution is -2.30. The first-order valence-corrected chi connectivity index (χ1v) is 6.70. The summed E-state index contributed by atoms with van der Waals surface area (Å²) in [5.74, 6) is 0.692. The standard InChI is InChI=1S/C15H20N2O2/c1-10-16-12-5-4-11(8-13(12)19-10)14(17(2)3)15(9-18)6-7-15/h4-5,8,14,18H,6-7,9H2,1-3H3. The summed E-state index contributed by atoms with van der Waals surface area (Å²) in [6.45, 7) is 2.10. The lowest BCUT2D eigenvalue weighted by Gasteiger charge is -2.31. The second-order valence-corrected chi connectivity index (χ2v) is 5.85. The second-order valence-electron chi connectivity index (χ2n) is 5.85. The number of benzene rings is 1. The average molecular weight is 260 g/mol. The number of aromatic nitrogens is 1. The molecule has 1 unspecified atom stereocenters. The van der Waals surface area contributed by atoms with Gasteiger partial charge in [-0.2, -0.15) is 0 Å². The Morgan fingerprint density at radius 1 is 1.42 bits per heavy atom. The molecule has 4 nitrogen and oxygen atoms in total. The molecule has 0 aliphatic heterocycles. The molecule has 3 rings (SSSR count). The van der Waals surface area contributed by atoms with Crippen molar-refractivity contribution in [2.24, 2.45) is 5.41 Å². The zero-order valence-corrected chi connectivity index (χ0v) is 11.7. The van der Waals surface area contributed by atoms with Gasteiger partial charge in [-0.05, 0) is 44.6 Å². The highest BCUT2D eigenvalue weighted by Gasteiger charge is 2.50. The number of oxazole rings is 1. The van der Waals surface area contributed by atoms with Gasteiger partial charge in [0.05, 0.1) is 6.61 Å². The first-order valence-electron chi connectivity index (χ1n) is 6.70. The van der Waals surface area contributed by atoms with Crippen molar-refractivity contribution in [2.75, 3.05) is 20.7 Å². The van der Waals surface area contributed by atoms with Crippen molar-refractivity contribution in [1.82, 2.24) is 9.88 Å². The highest BCUT2D eigenvalue weighted by molar-refractivity contribution is 5.73. The molecule has 2 aromatic rings. The van der Waals surface area contributed by atoms with Gasteiger partial charge < -0.3 is 14.4 Å². The quantitative estimate of drug-likeness (QED) is 0.917. The fourth-order valence-electron chi connectivity index (χ4n) is 3.10. The van der Waals surface area contributed by atoms with E-state index < -0.39 is 0 Å². The minimum absolute atomic E-state index is 0.0201. The molecule has 1 aliphatic rings. The molecule has 102 valence electrons. The summed E-state index contributed by atoms with van der Waals surface area (Å²) >= 11 is 0. The van der Waals surface area contributed by atoms with E-state index in [1.807, 2.05) is 13.0 Å². The van der Waals surface area contributed by atoms with E-state index in [1.54, 1.807) is 0 Å². The van der Waals surface area contributed by atoms with Crippen molar-refractivity contribution in [3.05, 3.63) is 29.7 Å².